The first-order chi connectivity index (χ1) is 16.2. The third-order valence-corrected chi connectivity index (χ3v) is 6.55. The molecule has 1 heterocycles. The molecule has 0 radical (unpaired) electrons. The number of nitrogens with zero attached hydrogens (tertiary/aromatic N) is 1. The summed E-state index contributed by atoms with van der Waals surface area (Å²) in [5.41, 5.74) is 2.83. The van der Waals surface area contributed by atoms with Crippen molar-refractivity contribution in [1.82, 2.24) is 15.5 Å². The van der Waals surface area contributed by atoms with Gasteiger partial charge in [0, 0.05) is 5.02 Å². The molecule has 6 nitrogen and oxygen atoms in total. The first-order valence-corrected chi connectivity index (χ1v) is 11.4. The van der Waals surface area contributed by atoms with Crippen molar-refractivity contribution >= 4 is 29.4 Å². The number of rotatable bonds is 6. The van der Waals surface area contributed by atoms with Gasteiger partial charge in [0.2, 0.25) is 5.91 Å². The van der Waals surface area contributed by atoms with Gasteiger partial charge < -0.3 is 10.6 Å². The first-order valence-electron chi connectivity index (χ1n) is 11.0. The van der Waals surface area contributed by atoms with Crippen molar-refractivity contribution in [2.45, 2.75) is 32.4 Å². The Labute approximate surface area is 203 Å². The Morgan fingerprint density at radius 1 is 0.971 bits per heavy atom. The molecule has 0 aliphatic carbocycles. The van der Waals surface area contributed by atoms with Crippen LogP contribution < -0.4 is 10.6 Å². The van der Waals surface area contributed by atoms with Gasteiger partial charge in [0.05, 0.1) is 6.04 Å². The molecule has 34 heavy (non-hydrogen) atoms. The van der Waals surface area contributed by atoms with Gasteiger partial charge in [-0.05, 0) is 60.7 Å². The molecule has 1 saturated heterocycles. The Bertz CT molecular complexity index is 1240. The topological polar surface area (TPSA) is 78.5 Å². The van der Waals surface area contributed by atoms with Crippen LogP contribution in [0.1, 0.15) is 40.8 Å². The van der Waals surface area contributed by atoms with Crippen LogP contribution in [-0.4, -0.2) is 29.3 Å². The highest BCUT2D eigenvalue weighted by Gasteiger charge is 2.54. The van der Waals surface area contributed by atoms with E-state index in [0.29, 0.717) is 16.1 Å². The summed E-state index contributed by atoms with van der Waals surface area (Å²) in [5, 5.41) is 6.34. The van der Waals surface area contributed by atoms with E-state index in [4.69, 9.17) is 11.6 Å². The summed E-state index contributed by atoms with van der Waals surface area (Å²) in [6.07, 6.45) is 0. The van der Waals surface area contributed by atoms with Gasteiger partial charge in [-0.3, -0.25) is 14.5 Å². The van der Waals surface area contributed by atoms with Crippen LogP contribution in [0.5, 0.6) is 0 Å². The Morgan fingerprint density at radius 3 is 2.29 bits per heavy atom. The normalized spacial score (nSPS) is 18.5. The molecule has 0 spiro atoms. The molecular weight excluding hydrogens is 450 g/mol. The van der Waals surface area contributed by atoms with E-state index >= 15 is 0 Å². The number of hydrogen-bond acceptors (Lipinski definition) is 3. The number of carbonyl (C=O) groups is 3. The SMILES string of the molecule is Cc1ccc(C2(c3ccccc3)NC(=O)N(CC(=O)NC(C)c3ccc(Cl)cc3)C2=O)cc1C. The van der Waals surface area contributed by atoms with Crippen molar-refractivity contribution in [2.24, 2.45) is 0 Å². The Morgan fingerprint density at radius 2 is 1.65 bits per heavy atom. The quantitative estimate of drug-likeness (QED) is 0.510. The Balaban J connectivity index is 1.62. The number of amides is 4. The van der Waals surface area contributed by atoms with E-state index in [-0.39, 0.29) is 12.6 Å². The number of benzene rings is 3. The number of urea groups is 1. The van der Waals surface area contributed by atoms with E-state index in [9.17, 15) is 14.4 Å². The highest BCUT2D eigenvalue weighted by molar-refractivity contribution is 6.30. The monoisotopic (exact) mass is 475 g/mol. The van der Waals surface area contributed by atoms with Gasteiger partial charge in [-0.1, -0.05) is 72.3 Å². The molecule has 0 saturated carbocycles. The zero-order valence-electron chi connectivity index (χ0n) is 19.3. The molecule has 1 aliphatic rings. The maximum atomic E-state index is 13.8. The maximum Gasteiger partial charge on any atom is 0.326 e. The summed E-state index contributed by atoms with van der Waals surface area (Å²) in [4.78, 5) is 40.6. The Hall–Kier alpha value is -3.64. The average molecular weight is 476 g/mol. The first kappa shape index (κ1) is 23.5. The number of imide groups is 1. The van der Waals surface area contributed by atoms with Gasteiger partial charge in [0.25, 0.3) is 5.91 Å². The summed E-state index contributed by atoms with van der Waals surface area (Å²) >= 11 is 5.94. The van der Waals surface area contributed by atoms with Gasteiger partial charge in [-0.15, -0.1) is 0 Å². The molecule has 2 unspecified atom stereocenters. The van der Waals surface area contributed by atoms with Crippen LogP contribution in [0, 0.1) is 13.8 Å². The van der Waals surface area contributed by atoms with Gasteiger partial charge >= 0.3 is 6.03 Å². The van der Waals surface area contributed by atoms with Crippen molar-refractivity contribution in [3.05, 3.63) is 106 Å². The van der Waals surface area contributed by atoms with Crippen molar-refractivity contribution in [3.63, 3.8) is 0 Å². The molecule has 4 rings (SSSR count). The second-order valence-electron chi connectivity index (χ2n) is 8.58. The van der Waals surface area contributed by atoms with Crippen LogP contribution in [-0.2, 0) is 15.1 Å². The third-order valence-electron chi connectivity index (χ3n) is 6.30. The average Bonchev–Trinajstić information content (AvgIpc) is 3.07. The molecule has 174 valence electrons. The number of halogens is 1. The van der Waals surface area contributed by atoms with Crippen LogP contribution >= 0.6 is 11.6 Å². The van der Waals surface area contributed by atoms with E-state index in [1.54, 1.807) is 24.3 Å². The number of carbonyl (C=O) groups excluding carboxylic acids is 3. The minimum Gasteiger partial charge on any atom is -0.348 e. The molecule has 1 aliphatic heterocycles. The Kier molecular flexibility index (Phi) is 6.44. The van der Waals surface area contributed by atoms with Crippen LogP contribution in [0.3, 0.4) is 0 Å². The molecule has 2 atom stereocenters. The van der Waals surface area contributed by atoms with Crippen LogP contribution in [0.25, 0.3) is 0 Å². The van der Waals surface area contributed by atoms with E-state index in [2.05, 4.69) is 10.6 Å². The van der Waals surface area contributed by atoms with Crippen molar-refractivity contribution < 1.29 is 14.4 Å². The summed E-state index contributed by atoms with van der Waals surface area (Å²) in [7, 11) is 0. The van der Waals surface area contributed by atoms with Crippen molar-refractivity contribution in [3.8, 4) is 0 Å². The summed E-state index contributed by atoms with van der Waals surface area (Å²) < 4.78 is 0. The van der Waals surface area contributed by atoms with E-state index < -0.39 is 23.4 Å². The molecule has 7 heteroatoms. The highest BCUT2D eigenvalue weighted by Crippen LogP contribution is 2.36. The van der Waals surface area contributed by atoms with Crippen LogP contribution in [0.15, 0.2) is 72.8 Å². The zero-order chi connectivity index (χ0) is 24.5. The molecule has 3 aromatic rings. The fourth-order valence-electron chi connectivity index (χ4n) is 4.21. The molecule has 1 fully saturated rings. The second kappa shape index (κ2) is 9.31. The van der Waals surface area contributed by atoms with Crippen molar-refractivity contribution in [2.75, 3.05) is 6.54 Å². The van der Waals surface area contributed by atoms with Gasteiger partial charge in [0.1, 0.15) is 6.54 Å². The molecule has 3 aromatic carbocycles. The second-order valence-corrected chi connectivity index (χ2v) is 9.01. The van der Waals surface area contributed by atoms with Gasteiger partial charge in [-0.2, -0.15) is 0 Å². The van der Waals surface area contributed by atoms with Crippen molar-refractivity contribution in [1.29, 1.82) is 0 Å². The predicted molar refractivity (Wildman–Crippen MR) is 131 cm³/mol. The molecule has 0 aromatic heterocycles. The minimum absolute atomic E-state index is 0.316. The third kappa shape index (κ3) is 4.29. The van der Waals surface area contributed by atoms with Gasteiger partial charge in [-0.25, -0.2) is 4.79 Å². The summed E-state index contributed by atoms with van der Waals surface area (Å²) in [5.74, 6) is -0.920. The molecule has 0 bridgehead atoms. The predicted octanol–water partition coefficient (Wildman–Crippen LogP) is 4.63. The summed E-state index contributed by atoms with van der Waals surface area (Å²) in [6.45, 7) is 5.39. The smallest absolute Gasteiger partial charge is 0.326 e. The standard InChI is InChI=1S/C27H26ClN3O3/c1-17-9-12-22(15-18(17)2)27(21-7-5-4-6-8-21)25(33)31(26(34)30-27)16-24(32)29-19(3)20-10-13-23(28)14-11-20/h4-15,19H,16H2,1-3H3,(H,29,32)(H,30,34). The summed E-state index contributed by atoms with van der Waals surface area (Å²) in [6, 6.07) is 21.0. The zero-order valence-corrected chi connectivity index (χ0v) is 20.0. The van der Waals surface area contributed by atoms with E-state index in [1.807, 2.05) is 69.3 Å². The van der Waals surface area contributed by atoms with E-state index in [1.165, 1.54) is 0 Å². The molecular formula is C27H26ClN3O3. The maximum absolute atomic E-state index is 13.8. The lowest BCUT2D eigenvalue weighted by atomic mass is 9.81. The number of nitrogens with one attached hydrogen (secondary N) is 2. The van der Waals surface area contributed by atoms with Crippen LogP contribution in [0.4, 0.5) is 4.79 Å². The minimum atomic E-state index is -1.40. The largest absolute Gasteiger partial charge is 0.348 e. The fraction of sp³-hybridized carbons (Fsp3) is 0.222. The fourth-order valence-corrected chi connectivity index (χ4v) is 4.33. The van der Waals surface area contributed by atoms with Crippen LogP contribution in [0.2, 0.25) is 5.02 Å². The lowest BCUT2D eigenvalue weighted by molar-refractivity contribution is -0.134. The van der Waals surface area contributed by atoms with Gasteiger partial charge in [0.15, 0.2) is 5.54 Å². The van der Waals surface area contributed by atoms with E-state index in [0.717, 1.165) is 21.6 Å². The lowest BCUT2D eigenvalue weighted by Gasteiger charge is -2.28. The number of aryl methyl sites for hydroxylation is 2. The molecule has 4 amide bonds. The number of hydrogen-bond donors (Lipinski definition) is 2. The lowest BCUT2D eigenvalue weighted by Crippen LogP contribution is -2.46. The highest BCUT2D eigenvalue weighted by atomic mass is 35.5. The molecule has 2 N–H and O–H groups in total.